The molecule has 1 aromatic rings. The fraction of sp³-hybridized carbons (Fsp3) is 0.500. The average Bonchev–Trinajstić information content (AvgIpc) is 2.88. The van der Waals surface area contributed by atoms with Gasteiger partial charge < -0.3 is 10.1 Å². The molecule has 114 valence electrons. The van der Waals surface area contributed by atoms with E-state index >= 15 is 0 Å². The van der Waals surface area contributed by atoms with Crippen LogP contribution in [0.25, 0.3) is 0 Å². The molecule has 0 radical (unpaired) electrons. The summed E-state index contributed by atoms with van der Waals surface area (Å²) in [5.74, 6) is 0.714. The molecule has 1 saturated heterocycles. The standard InChI is InChI=1S/C12H15N3O5S/c1-20-10-3-2-7(15(16)17)4-11(10)21(18,19)14-12-8-5-13-6-9(8)12/h2-4,8-9,12-14H,5-6H2,1H3. The molecule has 1 saturated carbocycles. The number of nitrogens with one attached hydrogen (secondary N) is 2. The number of rotatable bonds is 5. The molecular formula is C12H15N3O5S. The summed E-state index contributed by atoms with van der Waals surface area (Å²) in [5.41, 5.74) is -0.283. The van der Waals surface area contributed by atoms with Gasteiger partial charge in [0.05, 0.1) is 12.0 Å². The van der Waals surface area contributed by atoms with Gasteiger partial charge in [-0.05, 0) is 31.0 Å². The van der Waals surface area contributed by atoms with Crippen LogP contribution >= 0.6 is 0 Å². The molecule has 2 atom stereocenters. The third-order valence-electron chi connectivity index (χ3n) is 4.03. The highest BCUT2D eigenvalue weighted by atomic mass is 32.2. The minimum atomic E-state index is -3.85. The zero-order valence-electron chi connectivity index (χ0n) is 11.3. The molecule has 3 rings (SSSR count). The lowest BCUT2D eigenvalue weighted by Crippen LogP contribution is -2.32. The molecule has 2 fully saturated rings. The lowest BCUT2D eigenvalue weighted by molar-refractivity contribution is -0.385. The average molecular weight is 313 g/mol. The monoisotopic (exact) mass is 313 g/mol. The lowest BCUT2D eigenvalue weighted by atomic mass is 10.3. The molecule has 0 spiro atoms. The Morgan fingerprint density at radius 2 is 2.05 bits per heavy atom. The molecule has 2 unspecified atom stereocenters. The third kappa shape index (κ3) is 2.47. The largest absolute Gasteiger partial charge is 0.495 e. The molecule has 21 heavy (non-hydrogen) atoms. The first kappa shape index (κ1) is 14.2. The van der Waals surface area contributed by atoms with E-state index in [1.807, 2.05) is 0 Å². The van der Waals surface area contributed by atoms with Gasteiger partial charge in [0.25, 0.3) is 5.69 Å². The molecular weight excluding hydrogens is 298 g/mol. The number of nitrogens with zero attached hydrogens (tertiary/aromatic N) is 1. The van der Waals surface area contributed by atoms with Crippen LogP contribution in [0.3, 0.4) is 0 Å². The van der Waals surface area contributed by atoms with Crippen molar-refractivity contribution in [2.75, 3.05) is 20.2 Å². The first-order valence-corrected chi connectivity index (χ1v) is 7.98. The van der Waals surface area contributed by atoms with Crippen molar-refractivity contribution in [3.63, 3.8) is 0 Å². The van der Waals surface area contributed by atoms with Crippen molar-refractivity contribution in [2.45, 2.75) is 10.9 Å². The number of hydrogen-bond donors (Lipinski definition) is 2. The van der Waals surface area contributed by atoms with Crippen LogP contribution in [0.15, 0.2) is 23.1 Å². The van der Waals surface area contributed by atoms with Crippen molar-refractivity contribution in [2.24, 2.45) is 11.8 Å². The maximum absolute atomic E-state index is 12.4. The molecule has 9 heteroatoms. The number of nitro benzene ring substituents is 1. The Hall–Kier alpha value is -1.71. The van der Waals surface area contributed by atoms with Crippen LogP contribution in [-0.4, -0.2) is 39.6 Å². The minimum absolute atomic E-state index is 0.0945. The van der Waals surface area contributed by atoms with Gasteiger partial charge in [-0.3, -0.25) is 10.1 Å². The zero-order chi connectivity index (χ0) is 15.2. The smallest absolute Gasteiger partial charge is 0.271 e. The number of methoxy groups -OCH3 is 1. The molecule has 1 aliphatic heterocycles. The summed E-state index contributed by atoms with van der Waals surface area (Å²) in [5, 5.41) is 14.0. The number of benzene rings is 1. The van der Waals surface area contributed by atoms with Crippen LogP contribution < -0.4 is 14.8 Å². The molecule has 0 bridgehead atoms. The summed E-state index contributed by atoms with van der Waals surface area (Å²) >= 11 is 0. The van der Waals surface area contributed by atoms with E-state index in [0.717, 1.165) is 19.2 Å². The van der Waals surface area contributed by atoms with Crippen molar-refractivity contribution in [1.82, 2.24) is 10.0 Å². The summed E-state index contributed by atoms with van der Waals surface area (Å²) < 4.78 is 32.5. The van der Waals surface area contributed by atoms with Crippen molar-refractivity contribution < 1.29 is 18.1 Å². The summed E-state index contributed by atoms with van der Waals surface area (Å²) in [6, 6.07) is 3.44. The number of fused-ring (bicyclic) bond motifs is 1. The van der Waals surface area contributed by atoms with E-state index in [4.69, 9.17) is 4.74 Å². The van der Waals surface area contributed by atoms with Crippen LogP contribution in [0.2, 0.25) is 0 Å². The Morgan fingerprint density at radius 3 is 2.62 bits per heavy atom. The first-order valence-electron chi connectivity index (χ1n) is 6.49. The summed E-state index contributed by atoms with van der Waals surface area (Å²) in [6.07, 6.45) is 0. The second-order valence-electron chi connectivity index (χ2n) is 5.23. The Kier molecular flexibility index (Phi) is 3.34. The predicted molar refractivity (Wildman–Crippen MR) is 73.6 cm³/mol. The Balaban J connectivity index is 1.90. The van der Waals surface area contributed by atoms with Crippen molar-refractivity contribution >= 4 is 15.7 Å². The van der Waals surface area contributed by atoms with Crippen LogP contribution in [0, 0.1) is 22.0 Å². The Labute approximate surface area is 121 Å². The van der Waals surface area contributed by atoms with Gasteiger partial charge in [-0.1, -0.05) is 0 Å². The predicted octanol–water partition coefficient (Wildman–Crippen LogP) is 0.0995. The van der Waals surface area contributed by atoms with E-state index in [-0.39, 0.29) is 22.4 Å². The fourth-order valence-corrected chi connectivity index (χ4v) is 4.35. The molecule has 1 heterocycles. The van der Waals surface area contributed by atoms with E-state index in [0.29, 0.717) is 11.8 Å². The molecule has 0 amide bonds. The second-order valence-corrected chi connectivity index (χ2v) is 6.91. The fourth-order valence-electron chi connectivity index (χ4n) is 2.82. The van der Waals surface area contributed by atoms with Crippen LogP contribution in [-0.2, 0) is 10.0 Å². The van der Waals surface area contributed by atoms with Crippen LogP contribution in [0.5, 0.6) is 5.75 Å². The number of hydrogen-bond acceptors (Lipinski definition) is 6. The lowest BCUT2D eigenvalue weighted by Gasteiger charge is -2.11. The maximum Gasteiger partial charge on any atom is 0.271 e. The summed E-state index contributed by atoms with van der Waals surface area (Å²) in [6.45, 7) is 1.59. The Morgan fingerprint density at radius 1 is 1.38 bits per heavy atom. The normalized spacial score (nSPS) is 27.2. The maximum atomic E-state index is 12.4. The quantitative estimate of drug-likeness (QED) is 0.589. The van der Waals surface area contributed by atoms with Gasteiger partial charge in [-0.15, -0.1) is 0 Å². The first-order chi connectivity index (χ1) is 9.94. The van der Waals surface area contributed by atoms with Crippen molar-refractivity contribution in [1.29, 1.82) is 0 Å². The van der Waals surface area contributed by atoms with Gasteiger partial charge in [0.1, 0.15) is 10.6 Å². The van der Waals surface area contributed by atoms with E-state index in [1.165, 1.54) is 19.2 Å². The topological polar surface area (TPSA) is 111 Å². The number of nitro groups is 1. The molecule has 2 aliphatic rings. The molecule has 1 aliphatic carbocycles. The Bertz CT molecular complexity index is 680. The van der Waals surface area contributed by atoms with Crippen LogP contribution in [0.1, 0.15) is 0 Å². The number of piperidine rings is 1. The zero-order valence-corrected chi connectivity index (χ0v) is 12.1. The highest BCUT2D eigenvalue weighted by molar-refractivity contribution is 7.89. The van der Waals surface area contributed by atoms with E-state index in [1.54, 1.807) is 0 Å². The van der Waals surface area contributed by atoms with Gasteiger partial charge in [-0.25, -0.2) is 13.1 Å². The van der Waals surface area contributed by atoms with Gasteiger partial charge in [0, 0.05) is 18.2 Å². The minimum Gasteiger partial charge on any atom is -0.495 e. The molecule has 1 aromatic carbocycles. The molecule has 0 aromatic heterocycles. The van der Waals surface area contributed by atoms with Gasteiger partial charge >= 0.3 is 0 Å². The molecule has 8 nitrogen and oxygen atoms in total. The number of non-ortho nitro benzene ring substituents is 1. The molecule has 2 N–H and O–H groups in total. The van der Waals surface area contributed by atoms with Crippen molar-refractivity contribution in [3.05, 3.63) is 28.3 Å². The highest BCUT2D eigenvalue weighted by Gasteiger charge is 2.54. The van der Waals surface area contributed by atoms with E-state index in [2.05, 4.69) is 10.0 Å². The van der Waals surface area contributed by atoms with Crippen LogP contribution in [0.4, 0.5) is 5.69 Å². The summed E-state index contributed by atoms with van der Waals surface area (Å²) in [7, 11) is -2.52. The number of sulfonamides is 1. The highest BCUT2D eigenvalue weighted by Crippen LogP contribution is 2.43. The number of ether oxygens (including phenoxy) is 1. The van der Waals surface area contributed by atoms with E-state index in [9.17, 15) is 18.5 Å². The van der Waals surface area contributed by atoms with Gasteiger partial charge in [0.2, 0.25) is 10.0 Å². The van der Waals surface area contributed by atoms with Crippen molar-refractivity contribution in [3.8, 4) is 5.75 Å². The summed E-state index contributed by atoms with van der Waals surface area (Å²) in [4.78, 5) is 9.99. The van der Waals surface area contributed by atoms with Gasteiger partial charge in [0.15, 0.2) is 0 Å². The van der Waals surface area contributed by atoms with E-state index < -0.39 is 14.9 Å². The SMILES string of the molecule is COc1ccc([N+](=O)[O-])cc1S(=O)(=O)NC1C2CNCC21. The second kappa shape index (κ2) is 4.93. The third-order valence-corrected chi connectivity index (χ3v) is 5.51. The van der Waals surface area contributed by atoms with Gasteiger partial charge in [-0.2, -0.15) is 0 Å².